The van der Waals surface area contributed by atoms with Crippen LogP contribution in [0.5, 0.6) is 0 Å². The van der Waals surface area contributed by atoms with Gasteiger partial charge in [0.1, 0.15) is 0 Å². The van der Waals surface area contributed by atoms with Gasteiger partial charge < -0.3 is 10.6 Å². The number of anilines is 1. The highest BCUT2D eigenvalue weighted by Crippen LogP contribution is 2.28. The molecule has 1 aromatic heterocycles. The summed E-state index contributed by atoms with van der Waals surface area (Å²) in [6, 6.07) is 3.33. The first kappa shape index (κ1) is 14.0. The largest absolute Gasteiger partial charge is 0.325 e. The van der Waals surface area contributed by atoms with Gasteiger partial charge in [0.05, 0.1) is 5.69 Å². The molecule has 110 valence electrons. The maximum atomic E-state index is 11.2. The number of carbonyl (C=O) groups excluding carboxylic acids is 1. The lowest BCUT2D eigenvalue weighted by atomic mass is 9.99. The lowest BCUT2D eigenvalue weighted by molar-refractivity contribution is -0.114. The lowest BCUT2D eigenvalue weighted by Gasteiger charge is -2.32. The van der Waals surface area contributed by atoms with E-state index in [0.29, 0.717) is 6.04 Å². The summed E-state index contributed by atoms with van der Waals surface area (Å²) in [4.78, 5) is 15.1. The van der Waals surface area contributed by atoms with Crippen molar-refractivity contribution in [1.29, 1.82) is 0 Å². The fraction of sp³-hybridized carbons (Fsp3) is 0.667. The summed E-state index contributed by atoms with van der Waals surface area (Å²) in [7, 11) is 0. The Kier molecular flexibility index (Phi) is 4.38. The zero-order valence-corrected chi connectivity index (χ0v) is 12.8. The molecule has 1 aromatic rings. The first-order chi connectivity index (χ1) is 9.74. The van der Waals surface area contributed by atoms with Crippen molar-refractivity contribution in [3.8, 4) is 0 Å². The molecule has 2 unspecified atom stereocenters. The highest BCUT2D eigenvalue weighted by atomic mass is 32.1. The summed E-state index contributed by atoms with van der Waals surface area (Å²) >= 11 is 1.71. The third-order valence-corrected chi connectivity index (χ3v) is 5.36. The van der Waals surface area contributed by atoms with Gasteiger partial charge in [0, 0.05) is 37.0 Å². The fourth-order valence-electron chi connectivity index (χ4n) is 3.49. The third kappa shape index (κ3) is 3.05. The highest BCUT2D eigenvalue weighted by Gasteiger charge is 2.35. The number of hydrogen-bond acceptors (Lipinski definition) is 4. The van der Waals surface area contributed by atoms with Gasteiger partial charge in [-0.3, -0.25) is 9.69 Å². The van der Waals surface area contributed by atoms with Gasteiger partial charge in [0.15, 0.2) is 0 Å². The van der Waals surface area contributed by atoms with Crippen LogP contribution in [0.25, 0.3) is 0 Å². The molecule has 3 heterocycles. The van der Waals surface area contributed by atoms with E-state index >= 15 is 0 Å². The molecule has 2 fully saturated rings. The number of nitrogens with zero attached hydrogens (tertiary/aromatic N) is 1. The molecule has 1 amide bonds. The van der Waals surface area contributed by atoms with Crippen LogP contribution in [0.2, 0.25) is 0 Å². The molecule has 2 saturated heterocycles. The van der Waals surface area contributed by atoms with Crippen molar-refractivity contribution in [1.82, 2.24) is 10.2 Å². The van der Waals surface area contributed by atoms with Crippen molar-refractivity contribution in [2.24, 2.45) is 0 Å². The molecule has 3 rings (SSSR count). The van der Waals surface area contributed by atoms with E-state index in [-0.39, 0.29) is 5.91 Å². The standard InChI is InChI=1S/C15H23N3OS/c1-11(19)17-13-6-9-20-15(13)10-16-12-5-8-18-7-3-2-4-14(12)18/h6,9,12,14,16H,2-5,7-8,10H2,1H3,(H,17,19). The van der Waals surface area contributed by atoms with Gasteiger partial charge in [-0.1, -0.05) is 6.42 Å². The zero-order chi connectivity index (χ0) is 13.9. The Bertz CT molecular complexity index is 473. The van der Waals surface area contributed by atoms with Crippen LogP contribution in [0.4, 0.5) is 5.69 Å². The molecular weight excluding hydrogens is 270 g/mol. The van der Waals surface area contributed by atoms with E-state index in [1.807, 2.05) is 11.4 Å². The van der Waals surface area contributed by atoms with Crippen molar-refractivity contribution >= 4 is 22.9 Å². The van der Waals surface area contributed by atoms with Crippen molar-refractivity contribution in [3.63, 3.8) is 0 Å². The predicted octanol–water partition coefficient (Wildman–Crippen LogP) is 2.42. The number of hydrogen-bond donors (Lipinski definition) is 2. The molecular formula is C15H23N3OS. The Morgan fingerprint density at radius 3 is 3.15 bits per heavy atom. The minimum atomic E-state index is 0.00368. The lowest BCUT2D eigenvalue weighted by Crippen LogP contribution is -2.44. The minimum Gasteiger partial charge on any atom is -0.325 e. The van der Waals surface area contributed by atoms with Gasteiger partial charge in [-0.05, 0) is 37.3 Å². The van der Waals surface area contributed by atoms with Gasteiger partial charge in [0.25, 0.3) is 0 Å². The molecule has 0 spiro atoms. The Morgan fingerprint density at radius 1 is 1.40 bits per heavy atom. The maximum Gasteiger partial charge on any atom is 0.221 e. The number of thiophene rings is 1. The maximum absolute atomic E-state index is 11.2. The Morgan fingerprint density at radius 2 is 2.30 bits per heavy atom. The van der Waals surface area contributed by atoms with Crippen molar-refractivity contribution in [2.45, 2.75) is 51.2 Å². The summed E-state index contributed by atoms with van der Waals surface area (Å²) < 4.78 is 0. The normalized spacial score (nSPS) is 26.4. The molecule has 0 radical (unpaired) electrons. The molecule has 2 atom stereocenters. The van der Waals surface area contributed by atoms with Crippen LogP contribution in [0, 0.1) is 0 Å². The van der Waals surface area contributed by atoms with E-state index in [0.717, 1.165) is 18.3 Å². The van der Waals surface area contributed by atoms with Crippen LogP contribution in [0.15, 0.2) is 11.4 Å². The number of amides is 1. The van der Waals surface area contributed by atoms with E-state index in [4.69, 9.17) is 0 Å². The molecule has 2 aliphatic rings. The molecule has 4 nitrogen and oxygen atoms in total. The van der Waals surface area contributed by atoms with Gasteiger partial charge >= 0.3 is 0 Å². The zero-order valence-electron chi connectivity index (χ0n) is 12.0. The fourth-order valence-corrected chi connectivity index (χ4v) is 4.27. The van der Waals surface area contributed by atoms with E-state index in [2.05, 4.69) is 15.5 Å². The Hall–Kier alpha value is -0.910. The van der Waals surface area contributed by atoms with Crippen LogP contribution in [-0.4, -0.2) is 36.0 Å². The quantitative estimate of drug-likeness (QED) is 0.896. The molecule has 0 saturated carbocycles. The van der Waals surface area contributed by atoms with Gasteiger partial charge in [0.2, 0.25) is 5.91 Å². The highest BCUT2D eigenvalue weighted by molar-refractivity contribution is 7.10. The van der Waals surface area contributed by atoms with Crippen LogP contribution < -0.4 is 10.6 Å². The van der Waals surface area contributed by atoms with Crippen LogP contribution >= 0.6 is 11.3 Å². The van der Waals surface area contributed by atoms with Crippen molar-refractivity contribution in [2.75, 3.05) is 18.4 Å². The second-order valence-electron chi connectivity index (χ2n) is 5.81. The predicted molar refractivity (Wildman–Crippen MR) is 83.1 cm³/mol. The SMILES string of the molecule is CC(=O)Nc1ccsc1CNC1CCN2CCCCC12. The van der Waals surface area contributed by atoms with Crippen molar-refractivity contribution < 1.29 is 4.79 Å². The van der Waals surface area contributed by atoms with Gasteiger partial charge in [-0.15, -0.1) is 11.3 Å². The third-order valence-electron chi connectivity index (χ3n) is 4.44. The van der Waals surface area contributed by atoms with Gasteiger partial charge in [-0.25, -0.2) is 0 Å². The topological polar surface area (TPSA) is 44.4 Å². The van der Waals surface area contributed by atoms with E-state index < -0.39 is 0 Å². The molecule has 0 aromatic carbocycles. The average molecular weight is 293 g/mol. The smallest absolute Gasteiger partial charge is 0.221 e. The summed E-state index contributed by atoms with van der Waals surface area (Å²) in [6.45, 7) is 4.94. The summed E-state index contributed by atoms with van der Waals surface area (Å²) in [6.07, 6.45) is 5.32. The number of carbonyl (C=O) groups is 1. The second kappa shape index (κ2) is 6.24. The second-order valence-corrected chi connectivity index (χ2v) is 6.81. The molecule has 0 bridgehead atoms. The number of rotatable bonds is 4. The Labute approximate surface area is 124 Å². The minimum absolute atomic E-state index is 0.00368. The van der Waals surface area contributed by atoms with E-state index in [9.17, 15) is 4.79 Å². The molecule has 2 aliphatic heterocycles. The Balaban J connectivity index is 1.57. The number of piperidine rings is 1. The summed E-state index contributed by atoms with van der Waals surface area (Å²) in [5.41, 5.74) is 0.966. The van der Waals surface area contributed by atoms with Crippen LogP contribution in [0.1, 0.15) is 37.5 Å². The summed E-state index contributed by atoms with van der Waals surface area (Å²) in [5.74, 6) is 0.00368. The van der Waals surface area contributed by atoms with Crippen LogP contribution in [0.3, 0.4) is 0 Å². The molecule has 20 heavy (non-hydrogen) atoms. The van der Waals surface area contributed by atoms with Gasteiger partial charge in [-0.2, -0.15) is 0 Å². The number of nitrogens with one attached hydrogen (secondary N) is 2. The first-order valence-corrected chi connectivity index (χ1v) is 8.43. The number of fused-ring (bicyclic) bond motifs is 1. The first-order valence-electron chi connectivity index (χ1n) is 7.55. The van der Waals surface area contributed by atoms with Crippen molar-refractivity contribution in [3.05, 3.63) is 16.3 Å². The molecule has 2 N–H and O–H groups in total. The molecule has 0 aliphatic carbocycles. The van der Waals surface area contributed by atoms with E-state index in [1.54, 1.807) is 18.3 Å². The average Bonchev–Trinajstić information content (AvgIpc) is 3.02. The van der Waals surface area contributed by atoms with E-state index in [1.165, 1.54) is 43.6 Å². The van der Waals surface area contributed by atoms with Crippen LogP contribution in [-0.2, 0) is 11.3 Å². The summed E-state index contributed by atoms with van der Waals surface area (Å²) in [5, 5.41) is 8.67. The monoisotopic (exact) mass is 293 g/mol. The molecule has 5 heteroatoms.